The Morgan fingerprint density at radius 2 is 1.17 bits per heavy atom. The molecule has 0 aromatic heterocycles. The molecule has 0 aromatic rings. The van der Waals surface area contributed by atoms with Crippen molar-refractivity contribution in [1.29, 1.82) is 0 Å². The maximum atomic E-state index is 5.87. The number of nitrogens with two attached hydrogens (primary N) is 2. The van der Waals surface area contributed by atoms with E-state index in [-0.39, 0.29) is 6.04 Å². The van der Waals surface area contributed by atoms with Crippen LogP contribution in [0.15, 0.2) is 24.4 Å². The van der Waals surface area contributed by atoms with Crippen LogP contribution in [0.1, 0.15) is 103 Å². The average Bonchev–Trinajstić information content (AvgIpc) is 2.54. The van der Waals surface area contributed by atoms with Gasteiger partial charge in [-0.1, -0.05) is 89.4 Å². The fourth-order valence-electron chi connectivity index (χ4n) is 2.87. The zero-order chi connectivity index (χ0) is 17.0. The van der Waals surface area contributed by atoms with Gasteiger partial charge in [-0.05, 0) is 38.3 Å². The average molecular weight is 323 g/mol. The topological polar surface area (TPSA) is 52.0 Å². The molecule has 0 radical (unpaired) electrons. The highest BCUT2D eigenvalue weighted by molar-refractivity contribution is 4.87. The minimum absolute atomic E-state index is 0.150. The fraction of sp³-hybridized carbons (Fsp3) is 0.810. The van der Waals surface area contributed by atoms with Crippen molar-refractivity contribution >= 4 is 0 Å². The summed E-state index contributed by atoms with van der Waals surface area (Å²) in [6.07, 6.45) is 28.2. The quantitative estimate of drug-likeness (QED) is 0.247. The third-order valence-electron chi connectivity index (χ3n) is 4.41. The first-order chi connectivity index (χ1) is 11.3. The van der Waals surface area contributed by atoms with Crippen LogP contribution < -0.4 is 11.5 Å². The molecule has 23 heavy (non-hydrogen) atoms. The van der Waals surface area contributed by atoms with E-state index in [1.807, 2.05) is 6.08 Å². The second kappa shape index (κ2) is 19.3. The predicted molar refractivity (Wildman–Crippen MR) is 105 cm³/mol. The van der Waals surface area contributed by atoms with Gasteiger partial charge in [-0.3, -0.25) is 0 Å². The molecule has 1 atom stereocenters. The lowest BCUT2D eigenvalue weighted by atomic mass is 10.0. The summed E-state index contributed by atoms with van der Waals surface area (Å²) in [6.45, 7) is 2.28. The van der Waals surface area contributed by atoms with Crippen molar-refractivity contribution in [3.05, 3.63) is 24.4 Å². The Balaban J connectivity index is 3.13. The first-order valence-corrected chi connectivity index (χ1v) is 10.1. The maximum Gasteiger partial charge on any atom is 0.0240 e. The molecule has 0 amide bonds. The zero-order valence-electron chi connectivity index (χ0n) is 15.6. The zero-order valence-corrected chi connectivity index (χ0v) is 15.6. The molecule has 0 saturated heterocycles. The molecular weight excluding hydrogens is 280 g/mol. The molecule has 0 aliphatic carbocycles. The van der Waals surface area contributed by atoms with Crippen molar-refractivity contribution in [3.8, 4) is 0 Å². The van der Waals surface area contributed by atoms with Crippen molar-refractivity contribution < 1.29 is 0 Å². The Morgan fingerprint density at radius 3 is 1.70 bits per heavy atom. The van der Waals surface area contributed by atoms with Crippen LogP contribution in [0.4, 0.5) is 0 Å². The summed E-state index contributed by atoms with van der Waals surface area (Å²) < 4.78 is 0. The molecule has 0 heterocycles. The second-order valence-corrected chi connectivity index (χ2v) is 6.78. The van der Waals surface area contributed by atoms with E-state index in [4.69, 9.17) is 11.5 Å². The summed E-state index contributed by atoms with van der Waals surface area (Å²) in [4.78, 5) is 0. The Morgan fingerprint density at radius 1 is 0.696 bits per heavy atom. The highest BCUT2D eigenvalue weighted by Crippen LogP contribution is 2.11. The van der Waals surface area contributed by atoms with E-state index in [0.717, 1.165) is 6.42 Å². The summed E-state index contributed by atoms with van der Waals surface area (Å²) in [5.74, 6) is 0. The lowest BCUT2D eigenvalue weighted by Gasteiger charge is -2.05. The Bertz CT molecular complexity index is 271. The van der Waals surface area contributed by atoms with E-state index in [0.29, 0.717) is 0 Å². The third-order valence-corrected chi connectivity index (χ3v) is 4.41. The molecule has 2 heteroatoms. The highest BCUT2D eigenvalue weighted by Gasteiger charge is 1.97. The molecular formula is C21H42N2. The first-order valence-electron chi connectivity index (χ1n) is 10.1. The number of hydrogen-bond donors (Lipinski definition) is 2. The fourth-order valence-corrected chi connectivity index (χ4v) is 2.87. The van der Waals surface area contributed by atoms with E-state index >= 15 is 0 Å². The summed E-state index contributed by atoms with van der Waals surface area (Å²) in [5.41, 5.74) is 11.2. The lowest BCUT2D eigenvalue weighted by molar-refractivity contribution is 0.564. The molecule has 2 nitrogen and oxygen atoms in total. The molecule has 0 bridgehead atoms. The van der Waals surface area contributed by atoms with Gasteiger partial charge >= 0.3 is 0 Å². The molecule has 136 valence electrons. The van der Waals surface area contributed by atoms with Gasteiger partial charge in [0.15, 0.2) is 0 Å². The van der Waals surface area contributed by atoms with Crippen LogP contribution in [0.25, 0.3) is 0 Å². The Labute approximate surface area is 145 Å². The molecule has 0 fully saturated rings. The molecule has 0 aromatic carbocycles. The number of rotatable bonds is 17. The SMILES string of the molecule is CCCCCCCC/C=C\CCCCCCCCC(N)C=CN. The largest absolute Gasteiger partial charge is 0.405 e. The van der Waals surface area contributed by atoms with Crippen LogP contribution in [0.5, 0.6) is 0 Å². The Hall–Kier alpha value is -0.760. The predicted octanol–water partition coefficient (Wildman–Crippen LogP) is 6.21. The van der Waals surface area contributed by atoms with Gasteiger partial charge in [-0.25, -0.2) is 0 Å². The van der Waals surface area contributed by atoms with E-state index in [1.165, 1.54) is 89.9 Å². The van der Waals surface area contributed by atoms with E-state index in [1.54, 1.807) is 6.20 Å². The van der Waals surface area contributed by atoms with E-state index < -0.39 is 0 Å². The number of unbranched alkanes of at least 4 members (excludes halogenated alkanes) is 12. The summed E-state index contributed by atoms with van der Waals surface area (Å²) in [7, 11) is 0. The maximum absolute atomic E-state index is 5.87. The van der Waals surface area contributed by atoms with Crippen LogP contribution >= 0.6 is 0 Å². The van der Waals surface area contributed by atoms with Crippen LogP contribution in [-0.4, -0.2) is 6.04 Å². The van der Waals surface area contributed by atoms with Gasteiger partial charge in [0.1, 0.15) is 0 Å². The van der Waals surface area contributed by atoms with Crippen molar-refractivity contribution in [2.75, 3.05) is 0 Å². The minimum atomic E-state index is 0.150. The first kappa shape index (κ1) is 22.2. The molecule has 0 saturated carbocycles. The van der Waals surface area contributed by atoms with Gasteiger partial charge in [0, 0.05) is 6.04 Å². The van der Waals surface area contributed by atoms with Crippen molar-refractivity contribution in [2.45, 2.75) is 109 Å². The normalized spacial score (nSPS) is 13.3. The number of hydrogen-bond acceptors (Lipinski definition) is 2. The number of allylic oxidation sites excluding steroid dienone is 2. The summed E-state index contributed by atoms with van der Waals surface area (Å²) in [5, 5.41) is 0. The van der Waals surface area contributed by atoms with Crippen LogP contribution in [-0.2, 0) is 0 Å². The lowest BCUT2D eigenvalue weighted by Crippen LogP contribution is -2.16. The van der Waals surface area contributed by atoms with Gasteiger partial charge in [0.05, 0.1) is 0 Å². The molecule has 0 spiro atoms. The molecule has 4 N–H and O–H groups in total. The van der Waals surface area contributed by atoms with Crippen molar-refractivity contribution in [3.63, 3.8) is 0 Å². The standard InChI is InChI=1S/C21H42N2/c1-2-3-4-5-6-7-8-9-10-11-12-13-14-15-16-17-18-21(23)19-20-22/h9-10,19-21H,2-8,11-18,22-23H2,1H3/b10-9-,20-19?. The van der Waals surface area contributed by atoms with Crippen LogP contribution in [0.3, 0.4) is 0 Å². The van der Waals surface area contributed by atoms with Gasteiger partial charge in [-0.15, -0.1) is 0 Å². The smallest absolute Gasteiger partial charge is 0.0240 e. The summed E-state index contributed by atoms with van der Waals surface area (Å²) in [6, 6.07) is 0.150. The highest BCUT2D eigenvalue weighted by atomic mass is 14.6. The van der Waals surface area contributed by atoms with Crippen molar-refractivity contribution in [2.24, 2.45) is 11.5 Å². The summed E-state index contributed by atoms with van der Waals surface area (Å²) >= 11 is 0. The van der Waals surface area contributed by atoms with E-state index in [9.17, 15) is 0 Å². The molecule has 1 unspecified atom stereocenters. The van der Waals surface area contributed by atoms with Gasteiger partial charge in [0.2, 0.25) is 0 Å². The van der Waals surface area contributed by atoms with Crippen LogP contribution in [0, 0.1) is 0 Å². The molecule has 0 aliphatic rings. The monoisotopic (exact) mass is 322 g/mol. The second-order valence-electron chi connectivity index (χ2n) is 6.78. The molecule has 0 rings (SSSR count). The van der Waals surface area contributed by atoms with Gasteiger partial charge in [0.25, 0.3) is 0 Å². The minimum Gasteiger partial charge on any atom is -0.405 e. The van der Waals surface area contributed by atoms with Crippen molar-refractivity contribution in [1.82, 2.24) is 0 Å². The van der Waals surface area contributed by atoms with Gasteiger partial charge < -0.3 is 11.5 Å². The van der Waals surface area contributed by atoms with Crippen LogP contribution in [0.2, 0.25) is 0 Å². The third kappa shape index (κ3) is 19.2. The van der Waals surface area contributed by atoms with E-state index in [2.05, 4.69) is 19.1 Å². The Kier molecular flexibility index (Phi) is 18.6. The van der Waals surface area contributed by atoms with Gasteiger partial charge in [-0.2, -0.15) is 0 Å². The molecule has 0 aliphatic heterocycles.